The van der Waals surface area contributed by atoms with E-state index in [1.54, 1.807) is 0 Å². The first-order valence-corrected chi connectivity index (χ1v) is 8.46. The molecule has 23 heavy (non-hydrogen) atoms. The van der Waals surface area contributed by atoms with Crippen LogP contribution in [-0.4, -0.2) is 36.6 Å². The second-order valence-electron chi connectivity index (χ2n) is 6.50. The van der Waals surface area contributed by atoms with Gasteiger partial charge < -0.3 is 9.47 Å². The molecule has 2 aliphatic heterocycles. The van der Waals surface area contributed by atoms with Crippen molar-refractivity contribution in [2.24, 2.45) is 10.7 Å². The SMILES string of the molecule is C[N+](=O)C(N)=NC1(C)CC2(CCCOC2)Oc2ccc(Br)cc21. The number of benzene rings is 1. The van der Waals surface area contributed by atoms with Crippen LogP contribution in [0, 0.1) is 4.91 Å². The number of guanidine groups is 1. The van der Waals surface area contributed by atoms with Gasteiger partial charge in [-0.1, -0.05) is 25.8 Å². The monoisotopic (exact) mass is 382 g/mol. The fraction of sp³-hybridized carbons (Fsp3) is 0.562. The Labute approximate surface area is 143 Å². The zero-order chi connectivity index (χ0) is 16.7. The lowest BCUT2D eigenvalue weighted by Gasteiger charge is -2.45. The number of nitroso groups, excluding NO2 is 1. The van der Waals surface area contributed by atoms with Crippen LogP contribution < -0.4 is 10.5 Å². The van der Waals surface area contributed by atoms with E-state index in [1.165, 1.54) is 7.05 Å². The largest absolute Gasteiger partial charge is 0.484 e. The highest BCUT2D eigenvalue weighted by molar-refractivity contribution is 9.10. The number of halogens is 1. The average Bonchev–Trinajstić information content (AvgIpc) is 2.48. The number of hydrogen-bond donors (Lipinski definition) is 1. The lowest BCUT2D eigenvalue weighted by molar-refractivity contribution is -0.397. The van der Waals surface area contributed by atoms with Crippen LogP contribution >= 0.6 is 15.9 Å². The van der Waals surface area contributed by atoms with Crippen molar-refractivity contribution in [2.75, 3.05) is 20.3 Å². The molecule has 1 aromatic rings. The van der Waals surface area contributed by atoms with Gasteiger partial charge in [0, 0.05) is 23.1 Å². The molecule has 0 radical (unpaired) electrons. The molecule has 1 spiro atoms. The van der Waals surface area contributed by atoms with Crippen molar-refractivity contribution in [3.05, 3.63) is 33.1 Å². The molecule has 2 unspecified atom stereocenters. The highest BCUT2D eigenvalue weighted by atomic mass is 79.9. The maximum absolute atomic E-state index is 11.5. The molecular formula is C16H21BrN3O3+. The standard InChI is InChI=1S/C16H21BrN3O3/c1-15(19-14(18)20(2)21)9-16(6-3-7-22-10-16)23-13-5-4-11(17)8-12(13)15/h4-5,8H,3,6-7,9-10H2,1-2H3,(H2,18,19)/q+1. The number of hydrogen-bond acceptors (Lipinski definition) is 4. The molecule has 0 aliphatic carbocycles. The zero-order valence-corrected chi connectivity index (χ0v) is 14.9. The maximum atomic E-state index is 11.5. The van der Waals surface area contributed by atoms with Crippen molar-refractivity contribution in [2.45, 2.75) is 37.3 Å². The van der Waals surface area contributed by atoms with Crippen molar-refractivity contribution < 1.29 is 14.2 Å². The normalized spacial score (nSPS) is 30.7. The van der Waals surface area contributed by atoms with Crippen molar-refractivity contribution in [1.29, 1.82) is 0 Å². The van der Waals surface area contributed by atoms with E-state index in [1.807, 2.05) is 25.1 Å². The number of fused-ring (bicyclic) bond motifs is 1. The minimum atomic E-state index is -0.638. The molecular weight excluding hydrogens is 362 g/mol. The summed E-state index contributed by atoms with van der Waals surface area (Å²) in [6.45, 7) is 3.28. The molecule has 1 fully saturated rings. The molecule has 2 heterocycles. The quantitative estimate of drug-likeness (QED) is 0.460. The van der Waals surface area contributed by atoms with E-state index in [4.69, 9.17) is 15.2 Å². The first kappa shape index (κ1) is 16.4. The van der Waals surface area contributed by atoms with Gasteiger partial charge in [0.15, 0.2) is 5.54 Å². The summed E-state index contributed by atoms with van der Waals surface area (Å²) >= 11 is 3.49. The van der Waals surface area contributed by atoms with Crippen molar-refractivity contribution in [3.8, 4) is 5.75 Å². The molecule has 2 atom stereocenters. The first-order chi connectivity index (χ1) is 10.8. The maximum Gasteiger partial charge on any atom is 0.420 e. The predicted octanol–water partition coefficient (Wildman–Crippen LogP) is 2.72. The minimum absolute atomic E-state index is 0.0350. The van der Waals surface area contributed by atoms with Gasteiger partial charge in [-0.2, -0.15) is 0 Å². The van der Waals surface area contributed by atoms with Crippen LogP contribution in [0.25, 0.3) is 0 Å². The molecule has 1 aromatic carbocycles. The van der Waals surface area contributed by atoms with E-state index in [0.717, 1.165) is 35.2 Å². The summed E-state index contributed by atoms with van der Waals surface area (Å²) < 4.78 is 13.5. The van der Waals surface area contributed by atoms with Gasteiger partial charge in [-0.15, -0.1) is 0 Å². The van der Waals surface area contributed by atoms with E-state index in [2.05, 4.69) is 20.9 Å². The predicted molar refractivity (Wildman–Crippen MR) is 90.7 cm³/mol. The van der Waals surface area contributed by atoms with Crippen LogP contribution in [-0.2, 0) is 10.3 Å². The summed E-state index contributed by atoms with van der Waals surface area (Å²) in [6, 6.07) is 5.85. The number of aliphatic imine (C=N–C) groups is 1. The molecule has 3 rings (SSSR count). The topological polar surface area (TPSA) is 76.9 Å². The van der Waals surface area contributed by atoms with Crippen LogP contribution in [0.5, 0.6) is 5.75 Å². The van der Waals surface area contributed by atoms with Gasteiger partial charge in [0.1, 0.15) is 18.4 Å². The summed E-state index contributed by atoms with van der Waals surface area (Å²) in [6.07, 6.45) is 2.47. The summed E-state index contributed by atoms with van der Waals surface area (Å²) in [5.74, 6) is 0.741. The van der Waals surface area contributed by atoms with E-state index in [-0.39, 0.29) is 5.96 Å². The minimum Gasteiger partial charge on any atom is -0.484 e. The van der Waals surface area contributed by atoms with Crippen LogP contribution in [0.15, 0.2) is 27.7 Å². The third-order valence-corrected chi connectivity index (χ3v) is 4.98. The Balaban J connectivity index is 2.11. The molecule has 0 amide bonds. The first-order valence-electron chi connectivity index (χ1n) is 7.67. The Bertz CT molecular complexity index is 671. The van der Waals surface area contributed by atoms with Gasteiger partial charge in [-0.05, 0) is 42.7 Å². The van der Waals surface area contributed by atoms with E-state index < -0.39 is 11.1 Å². The lowest BCUT2D eigenvalue weighted by atomic mass is 9.76. The van der Waals surface area contributed by atoms with Gasteiger partial charge in [-0.3, -0.25) is 5.73 Å². The molecule has 2 aliphatic rings. The number of nitrogens with zero attached hydrogens (tertiary/aromatic N) is 2. The Morgan fingerprint density at radius 1 is 1.48 bits per heavy atom. The summed E-state index contributed by atoms with van der Waals surface area (Å²) in [5.41, 5.74) is 5.69. The highest BCUT2D eigenvalue weighted by Gasteiger charge is 2.51. The van der Waals surface area contributed by atoms with Crippen LogP contribution in [0.4, 0.5) is 0 Å². The number of rotatable bonds is 1. The summed E-state index contributed by atoms with van der Waals surface area (Å²) in [7, 11) is 1.35. The Morgan fingerprint density at radius 2 is 2.26 bits per heavy atom. The molecule has 0 aromatic heterocycles. The fourth-order valence-corrected chi connectivity index (χ4v) is 3.83. The zero-order valence-electron chi connectivity index (χ0n) is 13.3. The third-order valence-electron chi connectivity index (χ3n) is 4.48. The number of nitrogens with two attached hydrogens (primary N) is 1. The van der Waals surface area contributed by atoms with E-state index in [9.17, 15) is 4.91 Å². The van der Waals surface area contributed by atoms with Crippen molar-refractivity contribution in [3.63, 3.8) is 0 Å². The molecule has 0 saturated carbocycles. The van der Waals surface area contributed by atoms with Crippen LogP contribution in [0.1, 0.15) is 31.7 Å². The fourth-order valence-electron chi connectivity index (χ4n) is 3.47. The van der Waals surface area contributed by atoms with Gasteiger partial charge >= 0.3 is 5.96 Å². The van der Waals surface area contributed by atoms with Crippen molar-refractivity contribution >= 4 is 21.9 Å². The Hall–Kier alpha value is -1.47. The third kappa shape index (κ3) is 3.12. The van der Waals surface area contributed by atoms with Crippen molar-refractivity contribution in [1.82, 2.24) is 0 Å². The number of ether oxygens (including phenoxy) is 2. The summed E-state index contributed by atoms with van der Waals surface area (Å²) in [4.78, 5) is 16.1. The molecule has 0 bridgehead atoms. The molecule has 7 heteroatoms. The molecule has 6 nitrogen and oxygen atoms in total. The molecule has 1 saturated heterocycles. The molecule has 124 valence electrons. The van der Waals surface area contributed by atoms with Gasteiger partial charge in [0.25, 0.3) is 0 Å². The Kier molecular flexibility index (Phi) is 4.18. The Morgan fingerprint density at radius 3 is 2.91 bits per heavy atom. The smallest absolute Gasteiger partial charge is 0.420 e. The van der Waals surface area contributed by atoms with Gasteiger partial charge in [-0.25, -0.2) is 0 Å². The van der Waals surface area contributed by atoms with Gasteiger partial charge in [0.2, 0.25) is 0 Å². The van der Waals surface area contributed by atoms with Crippen LogP contribution in [0.2, 0.25) is 0 Å². The van der Waals surface area contributed by atoms with E-state index >= 15 is 0 Å². The average molecular weight is 383 g/mol. The lowest BCUT2D eigenvalue weighted by Crippen LogP contribution is -2.52. The second kappa shape index (κ2) is 5.87. The highest BCUT2D eigenvalue weighted by Crippen LogP contribution is 2.49. The summed E-state index contributed by atoms with van der Waals surface area (Å²) in [5, 5.41) is 0. The van der Waals surface area contributed by atoms with E-state index in [0.29, 0.717) is 17.8 Å². The van der Waals surface area contributed by atoms with Gasteiger partial charge in [0.05, 0.1) is 6.61 Å². The van der Waals surface area contributed by atoms with Crippen LogP contribution in [0.3, 0.4) is 0 Å². The second-order valence-corrected chi connectivity index (χ2v) is 7.42. The molecule has 2 N–H and O–H groups in total.